The molecule has 2 aromatic heterocycles. The van der Waals surface area contributed by atoms with Crippen molar-refractivity contribution in [2.45, 2.75) is 37.4 Å². The highest BCUT2D eigenvalue weighted by atomic mass is 79.9. The maximum absolute atomic E-state index is 16.0. The second kappa shape index (κ2) is 14.6. The molecule has 0 amide bonds. The molecule has 4 aromatic rings. The number of hydrogen-bond donors (Lipinski definition) is 4. The zero-order valence-electron chi connectivity index (χ0n) is 28.3. The van der Waals surface area contributed by atoms with Gasteiger partial charge in [-0.15, -0.1) is 0 Å². The summed E-state index contributed by atoms with van der Waals surface area (Å²) in [6.07, 6.45) is 14.4. The molecule has 0 spiro atoms. The van der Waals surface area contributed by atoms with E-state index in [1.807, 2.05) is 120 Å². The highest BCUT2D eigenvalue weighted by molar-refractivity contribution is 9.12. The normalized spacial score (nSPS) is 20.1. The number of para-hydroxylation sites is 2. The molecule has 0 radical (unpaired) electrons. The van der Waals surface area contributed by atoms with Crippen molar-refractivity contribution in [3.05, 3.63) is 141 Å². The van der Waals surface area contributed by atoms with Gasteiger partial charge in [0.1, 0.15) is 22.7 Å². The van der Waals surface area contributed by atoms with E-state index < -0.39 is 11.1 Å². The number of halogens is 2. The van der Waals surface area contributed by atoms with Crippen LogP contribution in [0.5, 0.6) is 0 Å². The minimum absolute atomic E-state index is 0.218. The van der Waals surface area contributed by atoms with Crippen LogP contribution in [0.15, 0.2) is 107 Å². The lowest BCUT2D eigenvalue weighted by atomic mass is 9.70. The SMILES string of the molecule is CN(C)Cc1ncc(CO)n1-c1ccccc1C1(C(=O)C2(c3ccccc3-n3c(CO)cnc3CN(C)C)C=CC(Br)=CN2)C=CC(Br)=CN1. The molecule has 2 aromatic carbocycles. The largest absolute Gasteiger partial charge is 0.390 e. The van der Waals surface area contributed by atoms with Crippen LogP contribution in [0.1, 0.15) is 34.2 Å². The topological polar surface area (TPSA) is 124 Å². The third-order valence-corrected chi connectivity index (χ3v) is 9.76. The quantitative estimate of drug-likeness (QED) is 0.163. The van der Waals surface area contributed by atoms with Gasteiger partial charge in [-0.2, -0.15) is 0 Å². The Morgan fingerprint density at radius 3 is 1.46 bits per heavy atom. The summed E-state index contributed by atoms with van der Waals surface area (Å²) in [5, 5.41) is 27.9. The van der Waals surface area contributed by atoms with Gasteiger partial charge in [-0.05, 0) is 96.5 Å². The van der Waals surface area contributed by atoms with Crippen molar-refractivity contribution in [3.8, 4) is 11.4 Å². The van der Waals surface area contributed by atoms with E-state index in [1.54, 1.807) is 24.8 Å². The van der Waals surface area contributed by atoms with E-state index in [0.29, 0.717) is 47.0 Å². The van der Waals surface area contributed by atoms with Gasteiger partial charge >= 0.3 is 0 Å². The van der Waals surface area contributed by atoms with Crippen molar-refractivity contribution in [3.63, 3.8) is 0 Å². The van der Waals surface area contributed by atoms with Crippen LogP contribution in [-0.4, -0.2) is 73.1 Å². The minimum Gasteiger partial charge on any atom is -0.390 e. The van der Waals surface area contributed by atoms with Crippen molar-refractivity contribution in [1.82, 2.24) is 39.5 Å². The summed E-state index contributed by atoms with van der Waals surface area (Å²) in [5.74, 6) is 1.22. The highest BCUT2D eigenvalue weighted by Crippen LogP contribution is 2.43. The zero-order chi connectivity index (χ0) is 35.6. The fourth-order valence-corrected chi connectivity index (χ4v) is 7.10. The number of aliphatic hydroxyl groups is 2. The average Bonchev–Trinajstić information content (AvgIpc) is 3.71. The first-order valence-electron chi connectivity index (χ1n) is 16.1. The lowest BCUT2D eigenvalue weighted by molar-refractivity contribution is -0.128. The molecule has 4 heterocycles. The number of nitrogens with one attached hydrogen (secondary N) is 2. The molecule has 13 heteroatoms. The molecule has 2 unspecified atom stereocenters. The second-order valence-corrected chi connectivity index (χ2v) is 14.6. The minimum atomic E-state index is -1.43. The highest BCUT2D eigenvalue weighted by Gasteiger charge is 2.53. The van der Waals surface area contributed by atoms with Gasteiger partial charge in [-0.3, -0.25) is 13.9 Å². The van der Waals surface area contributed by atoms with Gasteiger partial charge in [0.2, 0.25) is 5.78 Å². The summed E-state index contributed by atoms with van der Waals surface area (Å²) in [4.78, 5) is 29.4. The Balaban J connectivity index is 1.62. The Hall–Kier alpha value is -4.11. The first kappa shape index (κ1) is 35.7. The Morgan fingerprint density at radius 2 is 1.12 bits per heavy atom. The van der Waals surface area contributed by atoms with Crippen LogP contribution in [0.25, 0.3) is 11.4 Å². The number of aliphatic hydroxyl groups excluding tert-OH is 2. The van der Waals surface area contributed by atoms with Crippen molar-refractivity contribution in [1.29, 1.82) is 0 Å². The average molecular weight is 805 g/mol. The molecule has 2 aliphatic heterocycles. The lowest BCUT2D eigenvalue weighted by Gasteiger charge is -2.43. The maximum Gasteiger partial charge on any atom is 0.200 e. The fourth-order valence-electron chi connectivity index (χ4n) is 6.60. The van der Waals surface area contributed by atoms with Crippen LogP contribution < -0.4 is 10.6 Å². The van der Waals surface area contributed by atoms with Crippen LogP contribution >= 0.6 is 31.9 Å². The van der Waals surface area contributed by atoms with E-state index in [1.165, 1.54) is 0 Å². The molecule has 260 valence electrons. The smallest absolute Gasteiger partial charge is 0.200 e. The van der Waals surface area contributed by atoms with Crippen LogP contribution in [0.3, 0.4) is 0 Å². The number of carbonyl (C=O) groups is 1. The van der Waals surface area contributed by atoms with Gasteiger partial charge in [0.25, 0.3) is 0 Å². The molecule has 0 fully saturated rings. The van der Waals surface area contributed by atoms with Crippen LogP contribution in [0.4, 0.5) is 0 Å². The molecule has 0 saturated carbocycles. The molecule has 6 rings (SSSR count). The number of allylic oxidation sites excluding steroid dienone is 4. The van der Waals surface area contributed by atoms with Crippen molar-refractivity contribution in [2.75, 3.05) is 28.2 Å². The first-order valence-corrected chi connectivity index (χ1v) is 17.6. The number of ketones is 1. The summed E-state index contributed by atoms with van der Waals surface area (Å²) in [5.41, 5.74) is 1.08. The summed E-state index contributed by atoms with van der Waals surface area (Å²) >= 11 is 7.17. The third kappa shape index (κ3) is 6.45. The number of aromatic nitrogens is 4. The molecule has 11 nitrogen and oxygen atoms in total. The number of Topliss-reactive ketones (excluding diaryl/α,β-unsaturated/α-hetero) is 1. The molecule has 0 aliphatic carbocycles. The van der Waals surface area contributed by atoms with Crippen LogP contribution in [-0.2, 0) is 42.2 Å². The molecular weight excluding hydrogens is 764 g/mol. The van der Waals surface area contributed by atoms with Gasteiger partial charge < -0.3 is 30.6 Å². The number of nitrogens with zero attached hydrogens (tertiary/aromatic N) is 6. The van der Waals surface area contributed by atoms with Crippen molar-refractivity contribution < 1.29 is 15.0 Å². The van der Waals surface area contributed by atoms with E-state index >= 15 is 4.79 Å². The summed E-state index contributed by atoms with van der Waals surface area (Å²) in [7, 11) is 7.84. The standard InChI is InChI=1S/C37H40Br2N8O3/c1-44(2)21-33-40-19-27(23-48)46(33)31-11-7-5-9-29(31)36(15-13-25(38)17-42-36)35(50)37(16-14-26(39)18-43-37)30-10-6-8-12-32(30)47-28(24-49)20-41-34(47)22-45(3)4/h5-20,42-43,48-49H,21-24H2,1-4H3. The van der Waals surface area contributed by atoms with Crippen molar-refractivity contribution >= 4 is 37.6 Å². The fraction of sp³-hybridized carbons (Fsp3) is 0.270. The van der Waals surface area contributed by atoms with Gasteiger partial charge in [0.15, 0.2) is 0 Å². The summed E-state index contributed by atoms with van der Waals surface area (Å²) in [6, 6.07) is 15.4. The first-order chi connectivity index (χ1) is 24.0. The molecular formula is C37H40Br2N8O3. The number of benzene rings is 2. The van der Waals surface area contributed by atoms with Crippen LogP contribution in [0, 0.1) is 0 Å². The molecule has 4 N–H and O–H groups in total. The number of carbonyl (C=O) groups excluding carboxylic acids is 1. The summed E-state index contributed by atoms with van der Waals surface area (Å²) < 4.78 is 5.41. The van der Waals surface area contributed by atoms with Gasteiger partial charge in [0.05, 0.1) is 61.5 Å². The molecule has 2 aliphatic rings. The monoisotopic (exact) mass is 802 g/mol. The number of hydrogen-bond acceptors (Lipinski definition) is 9. The Bertz CT molecular complexity index is 1890. The zero-order valence-corrected chi connectivity index (χ0v) is 31.5. The van der Waals surface area contributed by atoms with E-state index in [2.05, 4.69) is 52.5 Å². The maximum atomic E-state index is 16.0. The van der Waals surface area contributed by atoms with Crippen LogP contribution in [0.2, 0.25) is 0 Å². The number of dihydropyridines is 2. The van der Waals surface area contributed by atoms with Gasteiger partial charge in [-0.1, -0.05) is 36.4 Å². The number of imidazole rings is 2. The molecule has 50 heavy (non-hydrogen) atoms. The Labute approximate surface area is 308 Å². The molecule has 0 saturated heterocycles. The molecule has 0 bridgehead atoms. The van der Waals surface area contributed by atoms with E-state index in [9.17, 15) is 10.2 Å². The second-order valence-electron chi connectivity index (χ2n) is 12.8. The molecule has 2 atom stereocenters. The van der Waals surface area contributed by atoms with E-state index in [0.717, 1.165) is 20.6 Å². The predicted molar refractivity (Wildman–Crippen MR) is 201 cm³/mol. The predicted octanol–water partition coefficient (Wildman–Crippen LogP) is 4.62. The third-order valence-electron chi connectivity index (χ3n) is 8.77. The lowest BCUT2D eigenvalue weighted by Crippen LogP contribution is -2.60. The van der Waals surface area contributed by atoms with Gasteiger partial charge in [0, 0.05) is 32.5 Å². The van der Waals surface area contributed by atoms with E-state index in [4.69, 9.17) is 0 Å². The summed E-state index contributed by atoms with van der Waals surface area (Å²) in [6.45, 7) is 0.548. The Morgan fingerprint density at radius 1 is 0.720 bits per heavy atom. The van der Waals surface area contributed by atoms with Gasteiger partial charge in [-0.25, -0.2) is 9.97 Å². The van der Waals surface area contributed by atoms with Crippen molar-refractivity contribution in [2.24, 2.45) is 0 Å². The Kier molecular flexibility index (Phi) is 10.4. The number of rotatable bonds is 12. The van der Waals surface area contributed by atoms with E-state index in [-0.39, 0.29) is 19.0 Å².